The Labute approximate surface area is 121 Å². The summed E-state index contributed by atoms with van der Waals surface area (Å²) in [4.78, 5) is 0.0435. The fraction of sp³-hybridized carbons (Fsp3) is 0.769. The maximum atomic E-state index is 12.5. The first-order valence-electron chi connectivity index (χ1n) is 6.57. The van der Waals surface area contributed by atoms with Crippen LogP contribution >= 0.6 is 0 Å². The Hall–Kier alpha value is -0.920. The van der Waals surface area contributed by atoms with E-state index in [0.717, 1.165) is 0 Å². The standard InChI is InChI=1S/C13H25N3O3S/c1-9-11(10(7-17)15-14-9)20(18,19)16-13(5,6)8-12(2,3)4/h16-17H,7-8H2,1-6H3,(H,14,15). The lowest BCUT2D eigenvalue weighted by Crippen LogP contribution is -2.45. The molecule has 0 amide bonds. The van der Waals surface area contributed by atoms with Crippen LogP contribution in [0.1, 0.15) is 52.4 Å². The largest absolute Gasteiger partial charge is 0.390 e. The fourth-order valence-electron chi connectivity index (χ4n) is 2.71. The van der Waals surface area contributed by atoms with Crippen molar-refractivity contribution in [1.82, 2.24) is 14.9 Å². The third kappa shape index (κ3) is 4.29. The van der Waals surface area contributed by atoms with Crippen LogP contribution in [-0.4, -0.2) is 29.3 Å². The van der Waals surface area contributed by atoms with E-state index in [9.17, 15) is 13.5 Å². The number of aryl methyl sites for hydroxylation is 1. The van der Waals surface area contributed by atoms with Gasteiger partial charge in [0.05, 0.1) is 12.3 Å². The van der Waals surface area contributed by atoms with Gasteiger partial charge in [-0.2, -0.15) is 5.10 Å². The van der Waals surface area contributed by atoms with Gasteiger partial charge in [0.25, 0.3) is 0 Å². The highest BCUT2D eigenvalue weighted by atomic mass is 32.2. The Balaban J connectivity index is 3.09. The molecule has 0 radical (unpaired) electrons. The van der Waals surface area contributed by atoms with Crippen molar-refractivity contribution in [3.63, 3.8) is 0 Å². The summed E-state index contributed by atoms with van der Waals surface area (Å²) in [5.74, 6) is 0. The molecule has 1 heterocycles. The molecule has 0 fully saturated rings. The lowest BCUT2D eigenvalue weighted by molar-refractivity contribution is 0.267. The van der Waals surface area contributed by atoms with Gasteiger partial charge in [0.2, 0.25) is 10.0 Å². The van der Waals surface area contributed by atoms with Crippen LogP contribution < -0.4 is 4.72 Å². The van der Waals surface area contributed by atoms with Crippen molar-refractivity contribution in [2.75, 3.05) is 0 Å². The van der Waals surface area contributed by atoms with Crippen LogP contribution in [0.15, 0.2) is 4.90 Å². The van der Waals surface area contributed by atoms with Crippen LogP contribution in [0.4, 0.5) is 0 Å². The molecule has 1 aromatic heterocycles. The summed E-state index contributed by atoms with van der Waals surface area (Å²) in [6.07, 6.45) is 0.685. The van der Waals surface area contributed by atoms with Gasteiger partial charge in [-0.05, 0) is 32.6 Å². The van der Waals surface area contributed by atoms with Crippen molar-refractivity contribution in [3.8, 4) is 0 Å². The summed E-state index contributed by atoms with van der Waals surface area (Å²) in [6.45, 7) is 11.1. The van der Waals surface area contributed by atoms with E-state index in [1.54, 1.807) is 6.92 Å². The van der Waals surface area contributed by atoms with Gasteiger partial charge in [-0.3, -0.25) is 5.10 Å². The first-order valence-corrected chi connectivity index (χ1v) is 8.05. The SMILES string of the molecule is Cc1[nH]nc(CO)c1S(=O)(=O)NC(C)(C)CC(C)(C)C. The minimum atomic E-state index is -3.72. The summed E-state index contributed by atoms with van der Waals surface area (Å²) in [5, 5.41) is 15.6. The Morgan fingerprint density at radius 2 is 1.80 bits per heavy atom. The molecule has 20 heavy (non-hydrogen) atoms. The van der Waals surface area contributed by atoms with E-state index in [2.05, 4.69) is 35.7 Å². The van der Waals surface area contributed by atoms with Crippen molar-refractivity contribution < 1.29 is 13.5 Å². The Morgan fingerprint density at radius 3 is 2.25 bits per heavy atom. The number of aromatic amines is 1. The predicted octanol–water partition coefficient (Wildman–Crippen LogP) is 1.70. The highest BCUT2D eigenvalue weighted by molar-refractivity contribution is 7.89. The fourth-order valence-corrected chi connectivity index (χ4v) is 4.48. The molecule has 7 heteroatoms. The van der Waals surface area contributed by atoms with E-state index < -0.39 is 22.2 Å². The molecule has 6 nitrogen and oxygen atoms in total. The number of sulfonamides is 1. The smallest absolute Gasteiger partial charge is 0.244 e. The molecule has 0 aliphatic rings. The van der Waals surface area contributed by atoms with Crippen molar-refractivity contribution in [1.29, 1.82) is 0 Å². The van der Waals surface area contributed by atoms with Crippen LogP contribution in [0, 0.1) is 12.3 Å². The maximum Gasteiger partial charge on any atom is 0.244 e. The summed E-state index contributed by atoms with van der Waals surface area (Å²) in [7, 11) is -3.72. The summed E-state index contributed by atoms with van der Waals surface area (Å²) in [5.41, 5.74) is -0.0280. The lowest BCUT2D eigenvalue weighted by atomic mass is 9.82. The summed E-state index contributed by atoms with van der Waals surface area (Å²) in [6, 6.07) is 0. The van der Waals surface area contributed by atoms with Gasteiger partial charge in [0.15, 0.2) is 0 Å². The van der Waals surface area contributed by atoms with Crippen LogP contribution in [-0.2, 0) is 16.6 Å². The molecule has 116 valence electrons. The molecule has 0 aliphatic heterocycles. The van der Waals surface area contributed by atoms with Crippen molar-refractivity contribution in [2.24, 2.45) is 5.41 Å². The average molecular weight is 303 g/mol. The normalized spacial score (nSPS) is 13.8. The molecule has 1 aromatic rings. The zero-order valence-corrected chi connectivity index (χ0v) is 13.8. The topological polar surface area (TPSA) is 95.1 Å². The number of rotatable bonds is 5. The second kappa shape index (κ2) is 5.46. The van der Waals surface area contributed by atoms with Gasteiger partial charge in [-0.1, -0.05) is 20.8 Å². The number of H-pyrrole nitrogens is 1. The highest BCUT2D eigenvalue weighted by Gasteiger charge is 2.33. The Morgan fingerprint density at radius 1 is 1.25 bits per heavy atom. The minimum absolute atomic E-state index is 0.00271. The van der Waals surface area contributed by atoms with Crippen LogP contribution in [0.3, 0.4) is 0 Å². The molecule has 0 bridgehead atoms. The highest BCUT2D eigenvalue weighted by Crippen LogP contribution is 2.29. The minimum Gasteiger partial charge on any atom is -0.390 e. The monoisotopic (exact) mass is 303 g/mol. The van der Waals surface area contributed by atoms with Gasteiger partial charge in [0.1, 0.15) is 10.6 Å². The van der Waals surface area contributed by atoms with Gasteiger partial charge in [0, 0.05) is 5.54 Å². The molecule has 0 spiro atoms. The van der Waals surface area contributed by atoms with Gasteiger partial charge in [-0.25, -0.2) is 13.1 Å². The second-order valence-corrected chi connectivity index (χ2v) is 8.63. The first-order chi connectivity index (χ1) is 8.88. The maximum absolute atomic E-state index is 12.5. The molecular weight excluding hydrogens is 278 g/mol. The van der Waals surface area contributed by atoms with Crippen LogP contribution in [0.25, 0.3) is 0 Å². The lowest BCUT2D eigenvalue weighted by Gasteiger charge is -2.33. The number of hydrogen-bond acceptors (Lipinski definition) is 4. The molecule has 1 rings (SSSR count). The zero-order valence-electron chi connectivity index (χ0n) is 13.0. The van der Waals surface area contributed by atoms with Crippen molar-refractivity contribution >= 4 is 10.0 Å². The molecule has 0 saturated heterocycles. The molecular formula is C13H25N3O3S. The summed E-state index contributed by atoms with van der Waals surface area (Å²) < 4.78 is 27.7. The summed E-state index contributed by atoms with van der Waals surface area (Å²) >= 11 is 0. The zero-order chi connectivity index (χ0) is 15.8. The van der Waals surface area contributed by atoms with Gasteiger partial charge < -0.3 is 5.11 Å². The number of aromatic nitrogens is 2. The third-order valence-electron chi connectivity index (χ3n) is 2.76. The third-order valence-corrected chi connectivity index (χ3v) is 4.66. The predicted molar refractivity (Wildman–Crippen MR) is 77.7 cm³/mol. The molecule has 0 atom stereocenters. The molecule has 0 aromatic carbocycles. The second-order valence-electron chi connectivity index (χ2n) is 7.01. The van der Waals surface area contributed by atoms with E-state index in [4.69, 9.17) is 0 Å². The Kier molecular flexibility index (Phi) is 4.68. The van der Waals surface area contributed by atoms with E-state index in [1.165, 1.54) is 0 Å². The quantitative estimate of drug-likeness (QED) is 0.771. The van der Waals surface area contributed by atoms with Crippen LogP contribution in [0.5, 0.6) is 0 Å². The molecule has 0 unspecified atom stereocenters. The van der Waals surface area contributed by atoms with Crippen LogP contribution in [0.2, 0.25) is 0 Å². The number of aliphatic hydroxyl groups is 1. The van der Waals surface area contributed by atoms with E-state index >= 15 is 0 Å². The Bertz CT molecular complexity index is 568. The van der Waals surface area contributed by atoms with Crippen molar-refractivity contribution in [3.05, 3.63) is 11.4 Å². The molecule has 3 N–H and O–H groups in total. The van der Waals surface area contributed by atoms with E-state index in [-0.39, 0.29) is 16.0 Å². The number of aliphatic hydroxyl groups excluding tert-OH is 1. The van der Waals surface area contributed by atoms with E-state index in [1.807, 2.05) is 13.8 Å². The first kappa shape index (κ1) is 17.1. The van der Waals surface area contributed by atoms with Crippen molar-refractivity contribution in [2.45, 2.75) is 65.0 Å². The number of nitrogens with one attached hydrogen (secondary N) is 2. The number of hydrogen-bond donors (Lipinski definition) is 3. The number of nitrogens with zero attached hydrogens (tertiary/aromatic N) is 1. The van der Waals surface area contributed by atoms with Gasteiger partial charge >= 0.3 is 0 Å². The average Bonchev–Trinajstić information content (AvgIpc) is 2.54. The molecule has 0 aliphatic carbocycles. The molecule has 0 saturated carbocycles. The van der Waals surface area contributed by atoms with E-state index in [0.29, 0.717) is 12.1 Å². The van der Waals surface area contributed by atoms with Gasteiger partial charge in [-0.15, -0.1) is 0 Å².